The number of fused-ring (bicyclic) bond motifs is 1. The fourth-order valence-corrected chi connectivity index (χ4v) is 6.28. The summed E-state index contributed by atoms with van der Waals surface area (Å²) in [5.74, 6) is 1.64. The van der Waals surface area contributed by atoms with Crippen molar-refractivity contribution < 1.29 is 13.2 Å². The number of rotatable bonds is 5. The molecule has 3 aromatic rings. The number of aromatic nitrogens is 3. The van der Waals surface area contributed by atoms with Gasteiger partial charge < -0.3 is 9.64 Å². The molecule has 11 heteroatoms. The first-order valence-electron chi connectivity index (χ1n) is 11.5. The molecular weight excluding hydrogens is 472 g/mol. The molecule has 9 nitrogen and oxygen atoms in total. The van der Waals surface area contributed by atoms with Crippen LogP contribution in [0, 0.1) is 13.8 Å². The van der Waals surface area contributed by atoms with Gasteiger partial charge in [-0.05, 0) is 31.5 Å². The van der Waals surface area contributed by atoms with Crippen LogP contribution in [0.3, 0.4) is 0 Å². The number of thiophene rings is 1. The first-order valence-corrected chi connectivity index (χ1v) is 14.2. The molecule has 0 N–H and O–H groups in total. The van der Waals surface area contributed by atoms with Gasteiger partial charge in [0.05, 0.1) is 24.9 Å². The van der Waals surface area contributed by atoms with Gasteiger partial charge in [-0.3, -0.25) is 9.88 Å². The van der Waals surface area contributed by atoms with Crippen LogP contribution in [0.2, 0.25) is 0 Å². The predicted molar refractivity (Wildman–Crippen MR) is 135 cm³/mol. The average Bonchev–Trinajstić information content (AvgIpc) is 3.23. The summed E-state index contributed by atoms with van der Waals surface area (Å²) in [4.78, 5) is 21.2. The topological polar surface area (TPSA) is 91.8 Å². The zero-order chi connectivity index (χ0) is 23.9. The first kappa shape index (κ1) is 23.6. The number of nitrogens with zero attached hydrogens (tertiary/aromatic N) is 6. The highest BCUT2D eigenvalue weighted by Gasteiger charge is 2.25. The minimum absolute atomic E-state index is 0.534. The largest absolute Gasteiger partial charge is 0.378 e. The number of hydrogen-bond donors (Lipinski definition) is 0. The van der Waals surface area contributed by atoms with Gasteiger partial charge in [0.15, 0.2) is 5.82 Å². The minimum atomic E-state index is -3.13. The Balaban J connectivity index is 1.46. The van der Waals surface area contributed by atoms with Crippen molar-refractivity contribution in [2.45, 2.75) is 20.4 Å². The van der Waals surface area contributed by atoms with Crippen LogP contribution in [0.5, 0.6) is 0 Å². The molecule has 2 saturated heterocycles. The molecule has 34 heavy (non-hydrogen) atoms. The average molecular weight is 503 g/mol. The van der Waals surface area contributed by atoms with Gasteiger partial charge in [0.25, 0.3) is 0 Å². The summed E-state index contributed by atoms with van der Waals surface area (Å²) in [6.07, 6.45) is 3.13. The number of aryl methyl sites for hydroxylation is 2. The van der Waals surface area contributed by atoms with Gasteiger partial charge in [0.2, 0.25) is 10.0 Å². The van der Waals surface area contributed by atoms with Crippen molar-refractivity contribution in [2.24, 2.45) is 0 Å². The lowest BCUT2D eigenvalue weighted by Gasteiger charge is -2.32. The molecule has 0 amide bonds. The third-order valence-electron chi connectivity index (χ3n) is 6.51. The maximum atomic E-state index is 11.8. The number of morpholine rings is 1. The molecule has 0 bridgehead atoms. The molecule has 3 aromatic heterocycles. The van der Waals surface area contributed by atoms with Gasteiger partial charge in [0, 0.05) is 68.1 Å². The quantitative estimate of drug-likeness (QED) is 0.525. The zero-order valence-corrected chi connectivity index (χ0v) is 21.5. The summed E-state index contributed by atoms with van der Waals surface area (Å²) in [5.41, 5.74) is 3.05. The second-order valence-electron chi connectivity index (χ2n) is 8.97. The van der Waals surface area contributed by atoms with Gasteiger partial charge >= 0.3 is 0 Å². The highest BCUT2D eigenvalue weighted by atomic mass is 32.2. The molecule has 0 unspecified atom stereocenters. The van der Waals surface area contributed by atoms with Crippen molar-refractivity contribution in [3.8, 4) is 11.4 Å². The van der Waals surface area contributed by atoms with Crippen LogP contribution in [0.25, 0.3) is 21.6 Å². The standard InChI is InChI=1S/C23H30N6O3S2/c1-16-12-18(14-24-17(16)2)21-25-22(28-8-10-32-11-9-28)20-13-19(33-23(20)26-21)15-27-4-6-29(7-5-27)34(3,30)31/h12-14H,4-11,15H2,1-3H3. The van der Waals surface area contributed by atoms with Crippen molar-refractivity contribution in [1.82, 2.24) is 24.2 Å². The van der Waals surface area contributed by atoms with Gasteiger partial charge in [-0.25, -0.2) is 18.4 Å². The van der Waals surface area contributed by atoms with Crippen LogP contribution in [-0.2, 0) is 21.3 Å². The number of pyridine rings is 1. The van der Waals surface area contributed by atoms with Crippen LogP contribution < -0.4 is 4.90 Å². The highest BCUT2D eigenvalue weighted by molar-refractivity contribution is 7.88. The summed E-state index contributed by atoms with van der Waals surface area (Å²) in [5, 5.41) is 1.07. The lowest BCUT2D eigenvalue weighted by Crippen LogP contribution is -2.47. The van der Waals surface area contributed by atoms with Gasteiger partial charge in [0.1, 0.15) is 10.6 Å². The Kier molecular flexibility index (Phi) is 6.56. The third-order valence-corrected chi connectivity index (χ3v) is 8.83. The van der Waals surface area contributed by atoms with Gasteiger partial charge in [-0.15, -0.1) is 11.3 Å². The predicted octanol–water partition coefficient (Wildman–Crippen LogP) is 2.28. The van der Waals surface area contributed by atoms with Crippen LogP contribution in [-0.4, -0.2) is 91.3 Å². The van der Waals surface area contributed by atoms with Crippen molar-refractivity contribution >= 4 is 37.4 Å². The van der Waals surface area contributed by atoms with E-state index in [9.17, 15) is 8.42 Å². The minimum Gasteiger partial charge on any atom is -0.378 e. The molecule has 0 atom stereocenters. The van der Waals surface area contributed by atoms with Crippen LogP contribution >= 0.6 is 11.3 Å². The third kappa shape index (κ3) is 4.94. The van der Waals surface area contributed by atoms with Crippen molar-refractivity contribution in [2.75, 3.05) is 63.6 Å². The van der Waals surface area contributed by atoms with Gasteiger partial charge in [-0.2, -0.15) is 4.31 Å². The number of piperazine rings is 1. The van der Waals surface area contributed by atoms with E-state index < -0.39 is 10.0 Å². The highest BCUT2D eigenvalue weighted by Crippen LogP contribution is 2.34. The number of hydrogen-bond acceptors (Lipinski definition) is 9. The second kappa shape index (κ2) is 9.46. The summed E-state index contributed by atoms with van der Waals surface area (Å²) >= 11 is 1.69. The van der Waals surface area contributed by atoms with Crippen LogP contribution in [0.1, 0.15) is 16.1 Å². The molecule has 2 aliphatic heterocycles. The normalized spacial score (nSPS) is 18.6. The molecular formula is C23H30N6O3S2. The summed E-state index contributed by atoms with van der Waals surface area (Å²) in [7, 11) is -3.13. The maximum absolute atomic E-state index is 11.8. The van der Waals surface area contributed by atoms with Crippen LogP contribution in [0.15, 0.2) is 18.3 Å². The molecule has 5 heterocycles. The molecule has 0 aromatic carbocycles. The SMILES string of the molecule is Cc1cc(-c2nc(N3CCOCC3)c3cc(CN4CCN(S(C)(=O)=O)CC4)sc3n2)cnc1C. The van der Waals surface area contributed by atoms with E-state index >= 15 is 0 Å². The van der Waals surface area contributed by atoms with E-state index in [0.29, 0.717) is 32.1 Å². The molecule has 0 aliphatic carbocycles. The lowest BCUT2D eigenvalue weighted by molar-refractivity contribution is 0.122. The molecule has 182 valence electrons. The molecule has 5 rings (SSSR count). The number of anilines is 1. The van der Waals surface area contributed by atoms with Crippen molar-refractivity contribution in [3.05, 3.63) is 34.5 Å². The molecule has 0 saturated carbocycles. The fraction of sp³-hybridized carbons (Fsp3) is 0.522. The molecule has 0 radical (unpaired) electrons. The smallest absolute Gasteiger partial charge is 0.211 e. The van der Waals surface area contributed by atoms with Gasteiger partial charge in [-0.1, -0.05) is 0 Å². The second-order valence-corrected chi connectivity index (χ2v) is 12.1. The van der Waals surface area contributed by atoms with Crippen LogP contribution in [0.4, 0.5) is 5.82 Å². The monoisotopic (exact) mass is 502 g/mol. The van der Waals surface area contributed by atoms with Crippen molar-refractivity contribution in [3.63, 3.8) is 0 Å². The summed E-state index contributed by atoms with van der Waals surface area (Å²) in [6, 6.07) is 4.30. The van der Waals surface area contributed by atoms with E-state index in [1.165, 1.54) is 11.1 Å². The van der Waals surface area contributed by atoms with E-state index in [0.717, 1.165) is 65.6 Å². The Hall–Kier alpha value is -2.18. The van der Waals surface area contributed by atoms with E-state index in [2.05, 4.69) is 33.8 Å². The van der Waals surface area contributed by atoms with E-state index in [1.807, 2.05) is 13.1 Å². The number of sulfonamides is 1. The van der Waals surface area contributed by atoms with E-state index in [1.54, 1.807) is 15.6 Å². The Bertz CT molecular complexity index is 1300. The van der Waals surface area contributed by atoms with Crippen molar-refractivity contribution in [1.29, 1.82) is 0 Å². The Morgan fingerprint density at radius 3 is 2.44 bits per heavy atom. The molecule has 2 aliphatic rings. The first-order chi connectivity index (χ1) is 16.3. The zero-order valence-electron chi connectivity index (χ0n) is 19.8. The maximum Gasteiger partial charge on any atom is 0.211 e. The fourth-order valence-electron chi connectivity index (χ4n) is 4.38. The Morgan fingerprint density at radius 1 is 1.03 bits per heavy atom. The molecule has 0 spiro atoms. The summed E-state index contributed by atoms with van der Waals surface area (Å²) in [6.45, 7) is 10.3. The Morgan fingerprint density at radius 2 is 1.76 bits per heavy atom. The van der Waals surface area contributed by atoms with E-state index in [4.69, 9.17) is 14.7 Å². The Labute approximate surface area is 204 Å². The lowest BCUT2D eigenvalue weighted by atomic mass is 10.1. The summed E-state index contributed by atoms with van der Waals surface area (Å²) < 4.78 is 30.8. The van der Waals surface area contributed by atoms with E-state index in [-0.39, 0.29) is 0 Å². The number of ether oxygens (including phenoxy) is 1. The molecule has 2 fully saturated rings.